The van der Waals surface area contributed by atoms with Gasteiger partial charge in [-0.3, -0.25) is 15.1 Å². The van der Waals surface area contributed by atoms with E-state index in [1.54, 1.807) is 12.1 Å². The van der Waals surface area contributed by atoms with Gasteiger partial charge in [-0.05, 0) is 42.8 Å². The van der Waals surface area contributed by atoms with Crippen LogP contribution in [0.3, 0.4) is 0 Å². The summed E-state index contributed by atoms with van der Waals surface area (Å²) >= 11 is 13.0. The third-order valence-corrected chi connectivity index (χ3v) is 4.88. The molecule has 1 atom stereocenters. The zero-order valence-electron chi connectivity index (χ0n) is 12.2. The molecule has 0 aliphatic carbocycles. The van der Waals surface area contributed by atoms with Crippen LogP contribution in [0.4, 0.5) is 0 Å². The number of halogens is 2. The Bertz CT molecular complexity index is 758. The van der Waals surface area contributed by atoms with Crippen molar-refractivity contribution in [3.8, 4) is 0 Å². The molecule has 0 spiro atoms. The van der Waals surface area contributed by atoms with Crippen molar-refractivity contribution in [2.45, 2.75) is 12.5 Å². The normalized spacial score (nSPS) is 20.0. The maximum atomic E-state index is 12.1. The Morgan fingerprint density at radius 2 is 2.00 bits per heavy atom. The third-order valence-electron chi connectivity index (χ3n) is 3.40. The minimum Gasteiger partial charge on any atom is -0.348 e. The lowest BCUT2D eigenvalue weighted by Gasteiger charge is -2.20. The van der Waals surface area contributed by atoms with Crippen LogP contribution in [0.2, 0.25) is 9.36 Å². The number of hydrogen-bond donors (Lipinski definition) is 2. The summed E-state index contributed by atoms with van der Waals surface area (Å²) in [6.45, 7) is 2.23. The molecule has 2 aromatic rings. The average Bonchev–Trinajstić information content (AvgIpc) is 3.13. The topological polar surface area (TPSA) is 50.4 Å². The molecule has 2 heterocycles. The van der Waals surface area contributed by atoms with Crippen molar-refractivity contribution in [1.29, 1.82) is 0 Å². The summed E-state index contributed by atoms with van der Waals surface area (Å²) in [7, 11) is 0. The maximum absolute atomic E-state index is 12.1. The van der Waals surface area contributed by atoms with E-state index in [-0.39, 0.29) is 5.91 Å². The van der Waals surface area contributed by atoms with E-state index in [9.17, 15) is 4.79 Å². The van der Waals surface area contributed by atoms with Gasteiger partial charge in [-0.1, -0.05) is 35.3 Å². The molecule has 3 rings (SSSR count). The van der Waals surface area contributed by atoms with Gasteiger partial charge in [-0.2, -0.15) is 0 Å². The van der Waals surface area contributed by atoms with Crippen molar-refractivity contribution in [3.63, 3.8) is 0 Å². The Balaban J connectivity index is 1.66. The van der Waals surface area contributed by atoms with Crippen molar-refractivity contribution in [2.75, 3.05) is 6.54 Å². The predicted molar refractivity (Wildman–Crippen MR) is 93.7 cm³/mol. The monoisotopic (exact) mass is 368 g/mol. The molecule has 4 nitrogen and oxygen atoms in total. The van der Waals surface area contributed by atoms with Crippen molar-refractivity contribution in [1.82, 2.24) is 10.8 Å². The van der Waals surface area contributed by atoms with Gasteiger partial charge in [0.05, 0.1) is 21.5 Å². The summed E-state index contributed by atoms with van der Waals surface area (Å²) in [5, 5.41) is 3.54. The largest absolute Gasteiger partial charge is 0.348 e. The van der Waals surface area contributed by atoms with E-state index in [4.69, 9.17) is 28.0 Å². The lowest BCUT2D eigenvalue weighted by Crippen LogP contribution is -2.40. The van der Waals surface area contributed by atoms with E-state index in [1.165, 1.54) is 11.3 Å². The highest BCUT2D eigenvalue weighted by Crippen LogP contribution is 2.26. The fraction of sp³-hybridized carbons (Fsp3) is 0.188. The lowest BCUT2D eigenvalue weighted by molar-refractivity contribution is -0.0194. The van der Waals surface area contributed by atoms with Crippen LogP contribution >= 0.6 is 34.5 Å². The average molecular weight is 369 g/mol. The SMILES string of the molecule is CC1(CNC(=O)c2ccc(Cl)s2)C=C(c2ccc(Cl)cc2)NO1. The number of nitrogens with one attached hydrogen (secondary N) is 2. The van der Waals surface area contributed by atoms with Gasteiger partial charge in [0.1, 0.15) is 5.60 Å². The zero-order chi connectivity index (χ0) is 16.4. The summed E-state index contributed by atoms with van der Waals surface area (Å²) in [6, 6.07) is 10.8. The van der Waals surface area contributed by atoms with Crippen molar-refractivity contribution in [3.05, 3.63) is 62.3 Å². The van der Waals surface area contributed by atoms with E-state index in [0.29, 0.717) is 20.8 Å². The molecular formula is C16H14Cl2N2O2S. The van der Waals surface area contributed by atoms with Gasteiger partial charge in [-0.15, -0.1) is 11.3 Å². The molecule has 1 aliphatic heterocycles. The molecule has 1 unspecified atom stereocenters. The number of amides is 1. The quantitative estimate of drug-likeness (QED) is 0.853. The van der Waals surface area contributed by atoms with E-state index < -0.39 is 5.60 Å². The molecule has 2 N–H and O–H groups in total. The fourth-order valence-electron chi connectivity index (χ4n) is 2.17. The number of carbonyl (C=O) groups is 1. The van der Waals surface area contributed by atoms with Crippen LogP contribution in [0, 0.1) is 0 Å². The number of hydrogen-bond acceptors (Lipinski definition) is 4. The van der Waals surface area contributed by atoms with Gasteiger partial charge in [0.2, 0.25) is 0 Å². The number of rotatable bonds is 4. The Hall–Kier alpha value is -1.53. The zero-order valence-corrected chi connectivity index (χ0v) is 14.6. The predicted octanol–water partition coefficient (Wildman–Crippen LogP) is 4.12. The van der Waals surface area contributed by atoms with Gasteiger partial charge in [0.25, 0.3) is 5.91 Å². The molecule has 0 saturated carbocycles. The van der Waals surface area contributed by atoms with E-state index in [2.05, 4.69) is 10.8 Å². The second-order valence-corrected chi connectivity index (χ2v) is 7.52. The molecule has 0 fully saturated rings. The van der Waals surface area contributed by atoms with Crippen LogP contribution in [-0.4, -0.2) is 18.1 Å². The van der Waals surface area contributed by atoms with E-state index >= 15 is 0 Å². The highest BCUT2D eigenvalue weighted by atomic mass is 35.5. The maximum Gasteiger partial charge on any atom is 0.261 e. The number of hydroxylamine groups is 1. The van der Waals surface area contributed by atoms with E-state index in [0.717, 1.165) is 11.3 Å². The highest BCUT2D eigenvalue weighted by molar-refractivity contribution is 7.17. The van der Waals surface area contributed by atoms with Gasteiger partial charge >= 0.3 is 0 Å². The van der Waals surface area contributed by atoms with Gasteiger partial charge in [-0.25, -0.2) is 0 Å². The first-order valence-corrected chi connectivity index (χ1v) is 8.49. The molecule has 1 aromatic heterocycles. The number of benzene rings is 1. The fourth-order valence-corrected chi connectivity index (χ4v) is 3.26. The summed E-state index contributed by atoms with van der Waals surface area (Å²) < 4.78 is 0.588. The second kappa shape index (κ2) is 6.53. The summed E-state index contributed by atoms with van der Waals surface area (Å²) in [5.41, 5.74) is 4.08. The summed E-state index contributed by atoms with van der Waals surface area (Å²) in [6.07, 6.45) is 1.94. The summed E-state index contributed by atoms with van der Waals surface area (Å²) in [5.74, 6) is -0.167. The minimum atomic E-state index is -0.633. The number of carbonyl (C=O) groups excluding carboxylic acids is 1. The Morgan fingerprint density at radius 1 is 1.26 bits per heavy atom. The Morgan fingerprint density at radius 3 is 2.65 bits per heavy atom. The lowest BCUT2D eigenvalue weighted by atomic mass is 10.0. The van der Waals surface area contributed by atoms with Crippen molar-refractivity contribution >= 4 is 46.1 Å². The molecule has 1 amide bonds. The Labute approximate surface area is 148 Å². The first-order chi connectivity index (χ1) is 11.0. The van der Waals surface area contributed by atoms with Crippen molar-refractivity contribution in [2.24, 2.45) is 0 Å². The Kier molecular flexibility index (Phi) is 4.64. The molecular weight excluding hydrogens is 355 g/mol. The first-order valence-electron chi connectivity index (χ1n) is 6.92. The van der Waals surface area contributed by atoms with Crippen LogP contribution in [-0.2, 0) is 4.84 Å². The first kappa shape index (κ1) is 16.3. The van der Waals surface area contributed by atoms with Crippen LogP contribution in [0.5, 0.6) is 0 Å². The van der Waals surface area contributed by atoms with Gasteiger partial charge in [0.15, 0.2) is 0 Å². The molecule has 120 valence electrons. The summed E-state index contributed by atoms with van der Waals surface area (Å²) in [4.78, 5) is 18.3. The second-order valence-electron chi connectivity index (χ2n) is 5.37. The standard InChI is InChI=1S/C16H14Cl2N2O2S/c1-16(9-19-15(21)13-6-7-14(18)23-13)8-12(20-22-16)10-2-4-11(17)5-3-10/h2-8,20H,9H2,1H3,(H,19,21). The van der Waals surface area contributed by atoms with Gasteiger partial charge < -0.3 is 5.32 Å². The van der Waals surface area contributed by atoms with Crippen LogP contribution in [0.25, 0.3) is 5.70 Å². The smallest absolute Gasteiger partial charge is 0.261 e. The third kappa shape index (κ3) is 3.87. The molecule has 1 aliphatic rings. The molecule has 0 saturated heterocycles. The van der Waals surface area contributed by atoms with Crippen LogP contribution in [0.15, 0.2) is 42.5 Å². The molecule has 0 radical (unpaired) electrons. The van der Waals surface area contributed by atoms with E-state index in [1.807, 2.05) is 37.3 Å². The highest BCUT2D eigenvalue weighted by Gasteiger charge is 2.31. The number of thiophene rings is 1. The molecule has 1 aromatic carbocycles. The van der Waals surface area contributed by atoms with Crippen LogP contribution in [0.1, 0.15) is 22.2 Å². The minimum absolute atomic E-state index is 0.167. The van der Waals surface area contributed by atoms with Gasteiger partial charge in [0, 0.05) is 5.02 Å². The molecule has 23 heavy (non-hydrogen) atoms. The molecule has 0 bridgehead atoms. The van der Waals surface area contributed by atoms with Crippen molar-refractivity contribution < 1.29 is 9.63 Å². The van der Waals surface area contributed by atoms with Crippen LogP contribution < -0.4 is 10.8 Å². The molecule has 7 heteroatoms.